The van der Waals surface area contributed by atoms with E-state index in [9.17, 15) is 0 Å². The number of hydrogen-bond donors (Lipinski definition) is 1. The Bertz CT molecular complexity index is 502. The fraction of sp³-hybridized carbons (Fsp3) is 0.308. The van der Waals surface area contributed by atoms with Crippen molar-refractivity contribution in [3.05, 3.63) is 51.0 Å². The molecule has 2 rings (SSSR count). The van der Waals surface area contributed by atoms with Gasteiger partial charge < -0.3 is 5.73 Å². The zero-order valence-electron chi connectivity index (χ0n) is 9.82. The molecule has 1 heterocycles. The highest BCUT2D eigenvalue weighted by molar-refractivity contribution is 7.09. The highest BCUT2D eigenvalue weighted by atomic mass is 32.1. The van der Waals surface area contributed by atoms with Crippen LogP contribution in [-0.4, -0.2) is 4.98 Å². The van der Waals surface area contributed by atoms with Crippen molar-refractivity contribution < 1.29 is 0 Å². The van der Waals surface area contributed by atoms with Gasteiger partial charge in [-0.05, 0) is 31.9 Å². The molecule has 2 nitrogen and oxygen atoms in total. The van der Waals surface area contributed by atoms with Gasteiger partial charge in [0.25, 0.3) is 0 Å². The van der Waals surface area contributed by atoms with Crippen LogP contribution in [0.25, 0.3) is 0 Å². The van der Waals surface area contributed by atoms with E-state index in [-0.39, 0.29) is 6.04 Å². The maximum atomic E-state index is 6.22. The molecule has 1 aromatic heterocycles. The van der Waals surface area contributed by atoms with E-state index < -0.39 is 0 Å². The van der Waals surface area contributed by atoms with Crippen molar-refractivity contribution in [3.8, 4) is 0 Å². The van der Waals surface area contributed by atoms with Gasteiger partial charge in [-0.1, -0.05) is 23.8 Å². The average molecular weight is 232 g/mol. The summed E-state index contributed by atoms with van der Waals surface area (Å²) in [6.07, 6.45) is 0. The number of nitrogens with zero attached hydrogens (tertiary/aromatic N) is 1. The van der Waals surface area contributed by atoms with Crippen LogP contribution in [-0.2, 0) is 0 Å². The van der Waals surface area contributed by atoms with Gasteiger partial charge in [0.05, 0.1) is 16.7 Å². The number of aryl methyl sites for hydroxylation is 3. The molecule has 0 amide bonds. The lowest BCUT2D eigenvalue weighted by atomic mass is 9.98. The second-order valence-corrected chi connectivity index (χ2v) is 5.19. The summed E-state index contributed by atoms with van der Waals surface area (Å²) in [6, 6.07) is 6.25. The third-order valence-corrected chi connectivity index (χ3v) is 3.51. The fourth-order valence-electron chi connectivity index (χ4n) is 1.86. The van der Waals surface area contributed by atoms with Crippen LogP contribution in [0.1, 0.15) is 33.4 Å². The van der Waals surface area contributed by atoms with Gasteiger partial charge in [0, 0.05) is 5.38 Å². The van der Waals surface area contributed by atoms with Gasteiger partial charge in [-0.3, -0.25) is 0 Å². The lowest BCUT2D eigenvalue weighted by molar-refractivity contribution is 0.826. The number of nitrogens with two attached hydrogens (primary N) is 1. The van der Waals surface area contributed by atoms with Gasteiger partial charge in [-0.2, -0.15) is 0 Å². The lowest BCUT2D eigenvalue weighted by Crippen LogP contribution is -2.13. The Morgan fingerprint density at radius 3 is 2.56 bits per heavy atom. The third-order valence-electron chi connectivity index (χ3n) is 2.72. The molecular formula is C13H16N2S. The molecule has 0 spiro atoms. The Morgan fingerprint density at radius 2 is 2.00 bits per heavy atom. The highest BCUT2D eigenvalue weighted by Gasteiger charge is 2.13. The summed E-state index contributed by atoms with van der Waals surface area (Å²) in [5, 5.41) is 3.11. The Hall–Kier alpha value is -1.19. The van der Waals surface area contributed by atoms with Gasteiger partial charge in [0.2, 0.25) is 0 Å². The van der Waals surface area contributed by atoms with Crippen LogP contribution in [0.3, 0.4) is 0 Å². The Kier molecular flexibility index (Phi) is 3.08. The van der Waals surface area contributed by atoms with Crippen LogP contribution < -0.4 is 5.73 Å². The summed E-state index contributed by atoms with van der Waals surface area (Å²) in [5.41, 5.74) is 10.9. The highest BCUT2D eigenvalue weighted by Crippen LogP contribution is 2.24. The number of hydrogen-bond acceptors (Lipinski definition) is 3. The predicted octanol–water partition coefficient (Wildman–Crippen LogP) is 3.12. The molecule has 0 bridgehead atoms. The molecule has 2 N–H and O–H groups in total. The first kappa shape index (κ1) is 11.3. The minimum atomic E-state index is -0.106. The van der Waals surface area contributed by atoms with Crippen LogP contribution >= 0.6 is 11.3 Å². The lowest BCUT2D eigenvalue weighted by Gasteiger charge is -2.13. The standard InChI is InChI=1S/C13H16N2S/c1-8-4-5-11(9(2)6-8)13(14)12-7-16-10(3)15-12/h4-7,13H,14H2,1-3H3. The summed E-state index contributed by atoms with van der Waals surface area (Å²) in [4.78, 5) is 4.44. The van der Waals surface area contributed by atoms with Crippen molar-refractivity contribution in [1.82, 2.24) is 4.98 Å². The number of benzene rings is 1. The first-order valence-electron chi connectivity index (χ1n) is 5.32. The van der Waals surface area contributed by atoms with E-state index in [1.807, 2.05) is 12.3 Å². The molecule has 1 aromatic carbocycles. The second-order valence-electron chi connectivity index (χ2n) is 4.13. The molecule has 1 atom stereocenters. The molecule has 3 heteroatoms. The monoisotopic (exact) mass is 232 g/mol. The van der Waals surface area contributed by atoms with E-state index in [4.69, 9.17) is 5.73 Å². The van der Waals surface area contributed by atoms with Crippen LogP contribution in [0, 0.1) is 20.8 Å². The number of thiazole rings is 1. The van der Waals surface area contributed by atoms with Gasteiger partial charge in [0.1, 0.15) is 0 Å². The Labute approximate surface area is 100 Å². The van der Waals surface area contributed by atoms with E-state index in [0.717, 1.165) is 16.3 Å². The molecule has 0 saturated heterocycles. The minimum Gasteiger partial charge on any atom is -0.319 e. The Balaban J connectivity index is 2.37. The molecule has 0 fully saturated rings. The summed E-state index contributed by atoms with van der Waals surface area (Å²) < 4.78 is 0. The van der Waals surface area contributed by atoms with E-state index in [2.05, 4.69) is 37.0 Å². The van der Waals surface area contributed by atoms with Crippen molar-refractivity contribution in [2.24, 2.45) is 5.73 Å². The van der Waals surface area contributed by atoms with Crippen molar-refractivity contribution in [3.63, 3.8) is 0 Å². The molecule has 1 unspecified atom stereocenters. The average Bonchev–Trinajstić information content (AvgIpc) is 2.64. The van der Waals surface area contributed by atoms with E-state index in [1.165, 1.54) is 11.1 Å². The van der Waals surface area contributed by atoms with Crippen LogP contribution in [0.5, 0.6) is 0 Å². The van der Waals surface area contributed by atoms with E-state index in [0.29, 0.717) is 0 Å². The summed E-state index contributed by atoms with van der Waals surface area (Å²) in [6.45, 7) is 6.19. The quantitative estimate of drug-likeness (QED) is 0.864. The zero-order valence-corrected chi connectivity index (χ0v) is 10.6. The molecule has 16 heavy (non-hydrogen) atoms. The number of rotatable bonds is 2. The predicted molar refractivity (Wildman–Crippen MR) is 68.8 cm³/mol. The van der Waals surface area contributed by atoms with Gasteiger partial charge in [0.15, 0.2) is 0 Å². The van der Waals surface area contributed by atoms with Crippen molar-refractivity contribution in [1.29, 1.82) is 0 Å². The van der Waals surface area contributed by atoms with Gasteiger partial charge in [-0.15, -0.1) is 11.3 Å². The molecule has 84 valence electrons. The smallest absolute Gasteiger partial charge is 0.0898 e. The molecular weight excluding hydrogens is 216 g/mol. The van der Waals surface area contributed by atoms with Crippen LogP contribution in [0.2, 0.25) is 0 Å². The Morgan fingerprint density at radius 1 is 1.25 bits per heavy atom. The topological polar surface area (TPSA) is 38.9 Å². The molecule has 2 aromatic rings. The normalized spacial score (nSPS) is 12.8. The van der Waals surface area contributed by atoms with Crippen molar-refractivity contribution in [2.45, 2.75) is 26.8 Å². The molecule has 0 radical (unpaired) electrons. The van der Waals surface area contributed by atoms with E-state index in [1.54, 1.807) is 11.3 Å². The van der Waals surface area contributed by atoms with Crippen LogP contribution in [0.15, 0.2) is 23.6 Å². The van der Waals surface area contributed by atoms with Crippen LogP contribution in [0.4, 0.5) is 0 Å². The summed E-state index contributed by atoms with van der Waals surface area (Å²) in [7, 11) is 0. The van der Waals surface area contributed by atoms with Crippen molar-refractivity contribution in [2.75, 3.05) is 0 Å². The molecule has 0 aliphatic heterocycles. The first-order chi connectivity index (χ1) is 7.58. The first-order valence-corrected chi connectivity index (χ1v) is 6.20. The van der Waals surface area contributed by atoms with E-state index >= 15 is 0 Å². The SMILES string of the molecule is Cc1ccc(C(N)c2csc(C)n2)c(C)c1. The summed E-state index contributed by atoms with van der Waals surface area (Å²) in [5.74, 6) is 0. The van der Waals surface area contributed by atoms with Gasteiger partial charge >= 0.3 is 0 Å². The second kappa shape index (κ2) is 4.36. The summed E-state index contributed by atoms with van der Waals surface area (Å²) >= 11 is 1.65. The third kappa shape index (κ3) is 2.15. The zero-order chi connectivity index (χ0) is 11.7. The fourth-order valence-corrected chi connectivity index (χ4v) is 2.51. The molecule has 0 aliphatic rings. The van der Waals surface area contributed by atoms with Crippen molar-refractivity contribution >= 4 is 11.3 Å². The maximum absolute atomic E-state index is 6.22. The maximum Gasteiger partial charge on any atom is 0.0898 e. The largest absolute Gasteiger partial charge is 0.319 e. The minimum absolute atomic E-state index is 0.106. The molecule has 0 aliphatic carbocycles. The number of aromatic nitrogens is 1. The molecule has 0 saturated carbocycles. The van der Waals surface area contributed by atoms with Gasteiger partial charge in [-0.25, -0.2) is 4.98 Å².